The van der Waals surface area contributed by atoms with Crippen LogP contribution in [0.4, 0.5) is 0 Å². The Morgan fingerprint density at radius 2 is 2.10 bits per heavy atom. The highest BCUT2D eigenvalue weighted by Crippen LogP contribution is 2.30. The van der Waals surface area contributed by atoms with Crippen LogP contribution in [-0.2, 0) is 9.47 Å². The van der Waals surface area contributed by atoms with Gasteiger partial charge in [-0.1, -0.05) is 13.0 Å². The molecular formula is C23H40N4O2S. The zero-order valence-corrected chi connectivity index (χ0v) is 19.8. The average molecular weight is 437 g/mol. The lowest BCUT2D eigenvalue weighted by Crippen LogP contribution is -2.42. The van der Waals surface area contributed by atoms with E-state index in [0.29, 0.717) is 25.2 Å². The quantitative estimate of drug-likeness (QED) is 0.346. The summed E-state index contributed by atoms with van der Waals surface area (Å²) in [6.45, 7) is 12.8. The summed E-state index contributed by atoms with van der Waals surface area (Å²) in [5, 5.41) is 5.73. The fourth-order valence-electron chi connectivity index (χ4n) is 4.36. The Bertz CT molecular complexity index is 617. The van der Waals surface area contributed by atoms with Gasteiger partial charge in [0, 0.05) is 37.5 Å². The van der Waals surface area contributed by atoms with Gasteiger partial charge < -0.3 is 19.7 Å². The molecule has 0 aromatic carbocycles. The van der Waals surface area contributed by atoms with E-state index in [1.165, 1.54) is 30.8 Å². The first-order valence-electron chi connectivity index (χ1n) is 11.6. The van der Waals surface area contributed by atoms with Crippen molar-refractivity contribution in [1.82, 2.24) is 15.1 Å². The van der Waals surface area contributed by atoms with E-state index in [1.54, 1.807) is 7.11 Å². The third-order valence-corrected chi connectivity index (χ3v) is 7.22. The summed E-state index contributed by atoms with van der Waals surface area (Å²) in [5.41, 5.74) is 0. The monoisotopic (exact) mass is 436 g/mol. The second-order valence-electron chi connectivity index (χ2n) is 8.61. The topological polar surface area (TPSA) is 49.3 Å². The molecule has 30 heavy (non-hydrogen) atoms. The van der Waals surface area contributed by atoms with Gasteiger partial charge in [0.05, 0.1) is 32.4 Å². The number of nitrogens with zero attached hydrogens (tertiary/aromatic N) is 3. The maximum absolute atomic E-state index is 5.76. The molecule has 0 saturated carbocycles. The van der Waals surface area contributed by atoms with Crippen molar-refractivity contribution in [3.8, 4) is 0 Å². The van der Waals surface area contributed by atoms with Crippen molar-refractivity contribution in [3.05, 3.63) is 22.4 Å². The number of methoxy groups -OCH3 is 1. The first-order valence-corrected chi connectivity index (χ1v) is 12.5. The number of piperidine rings is 1. The van der Waals surface area contributed by atoms with Gasteiger partial charge in [-0.15, -0.1) is 11.3 Å². The van der Waals surface area contributed by atoms with Crippen LogP contribution in [0.2, 0.25) is 0 Å². The van der Waals surface area contributed by atoms with E-state index >= 15 is 0 Å². The number of hydrogen-bond donors (Lipinski definition) is 1. The van der Waals surface area contributed by atoms with Gasteiger partial charge >= 0.3 is 0 Å². The second-order valence-corrected chi connectivity index (χ2v) is 9.59. The summed E-state index contributed by atoms with van der Waals surface area (Å²) in [6.07, 6.45) is 3.75. The van der Waals surface area contributed by atoms with Crippen molar-refractivity contribution in [2.75, 3.05) is 66.2 Å². The van der Waals surface area contributed by atoms with Crippen LogP contribution in [0.5, 0.6) is 0 Å². The van der Waals surface area contributed by atoms with Crippen molar-refractivity contribution in [3.63, 3.8) is 0 Å². The molecule has 1 aromatic rings. The Labute approximate surface area is 186 Å². The van der Waals surface area contributed by atoms with Crippen LogP contribution < -0.4 is 5.32 Å². The Balaban J connectivity index is 1.60. The van der Waals surface area contributed by atoms with Gasteiger partial charge in [-0.05, 0) is 56.6 Å². The van der Waals surface area contributed by atoms with E-state index in [9.17, 15) is 0 Å². The number of aliphatic imine (C=N–C) groups is 1. The molecule has 1 N–H and O–H groups in total. The first kappa shape index (κ1) is 23.5. The molecular weight excluding hydrogens is 396 g/mol. The molecule has 2 aliphatic heterocycles. The molecule has 0 bridgehead atoms. The van der Waals surface area contributed by atoms with Crippen LogP contribution in [0, 0.1) is 11.8 Å². The van der Waals surface area contributed by atoms with E-state index in [2.05, 4.69) is 46.5 Å². The van der Waals surface area contributed by atoms with Crippen LogP contribution >= 0.6 is 11.3 Å². The van der Waals surface area contributed by atoms with Gasteiger partial charge in [0.2, 0.25) is 0 Å². The molecule has 0 amide bonds. The summed E-state index contributed by atoms with van der Waals surface area (Å²) in [6, 6.07) is 4.84. The number of guanidine groups is 1. The minimum atomic E-state index is 0.391. The zero-order valence-electron chi connectivity index (χ0n) is 19.0. The van der Waals surface area contributed by atoms with Crippen LogP contribution in [0.1, 0.15) is 44.0 Å². The molecule has 2 saturated heterocycles. The molecule has 6 nitrogen and oxygen atoms in total. The minimum Gasteiger partial charge on any atom is -0.382 e. The summed E-state index contributed by atoms with van der Waals surface area (Å²) in [5.74, 6) is 2.48. The van der Waals surface area contributed by atoms with Gasteiger partial charge in [-0.25, -0.2) is 0 Å². The number of likely N-dealkylation sites (tertiary alicyclic amines) is 2. The van der Waals surface area contributed by atoms with Crippen molar-refractivity contribution in [2.45, 2.75) is 39.2 Å². The fraction of sp³-hybridized carbons (Fsp3) is 0.783. The van der Waals surface area contributed by atoms with Crippen molar-refractivity contribution >= 4 is 17.3 Å². The largest absolute Gasteiger partial charge is 0.382 e. The standard InChI is InChI=1S/C23H40N4O2S/c1-4-24-23(27-12-9-20(17-27)18-29-14-13-28-3)25-16-21(22-6-5-15-30-22)26-10-7-19(2)8-11-26/h5-6,15,19-21H,4,7-14,16-18H2,1-3H3,(H,24,25). The molecule has 3 heterocycles. The molecule has 0 radical (unpaired) electrons. The number of ether oxygens (including phenoxy) is 2. The maximum atomic E-state index is 5.76. The summed E-state index contributed by atoms with van der Waals surface area (Å²) in [4.78, 5) is 11.6. The lowest BCUT2D eigenvalue weighted by Gasteiger charge is -2.36. The summed E-state index contributed by atoms with van der Waals surface area (Å²) in [7, 11) is 1.72. The minimum absolute atomic E-state index is 0.391. The third kappa shape index (κ3) is 6.94. The van der Waals surface area contributed by atoms with Gasteiger partial charge in [0.15, 0.2) is 5.96 Å². The molecule has 170 valence electrons. The van der Waals surface area contributed by atoms with Gasteiger partial charge in [-0.2, -0.15) is 0 Å². The van der Waals surface area contributed by atoms with E-state index < -0.39 is 0 Å². The van der Waals surface area contributed by atoms with Gasteiger partial charge in [0.1, 0.15) is 0 Å². The molecule has 7 heteroatoms. The van der Waals surface area contributed by atoms with E-state index in [-0.39, 0.29) is 0 Å². The van der Waals surface area contributed by atoms with Crippen molar-refractivity contribution < 1.29 is 9.47 Å². The Kier molecular flexibility index (Phi) is 9.91. The van der Waals surface area contributed by atoms with Crippen LogP contribution in [0.15, 0.2) is 22.5 Å². The van der Waals surface area contributed by atoms with Crippen LogP contribution in [0.25, 0.3) is 0 Å². The molecule has 2 aliphatic rings. The van der Waals surface area contributed by atoms with Gasteiger partial charge in [-0.3, -0.25) is 9.89 Å². The zero-order chi connectivity index (χ0) is 21.2. The van der Waals surface area contributed by atoms with Gasteiger partial charge in [0.25, 0.3) is 0 Å². The Hall–Kier alpha value is -1.15. The Morgan fingerprint density at radius 3 is 2.80 bits per heavy atom. The number of rotatable bonds is 10. The van der Waals surface area contributed by atoms with Crippen molar-refractivity contribution in [1.29, 1.82) is 0 Å². The fourth-order valence-corrected chi connectivity index (χ4v) is 5.21. The highest BCUT2D eigenvalue weighted by atomic mass is 32.1. The molecule has 2 atom stereocenters. The molecule has 0 spiro atoms. The molecule has 3 rings (SSSR count). The summed E-state index contributed by atoms with van der Waals surface area (Å²) >= 11 is 1.86. The van der Waals surface area contributed by atoms with Crippen molar-refractivity contribution in [2.24, 2.45) is 16.8 Å². The second kappa shape index (κ2) is 12.6. The normalized spacial score (nSPS) is 22.6. The Morgan fingerprint density at radius 1 is 1.27 bits per heavy atom. The number of hydrogen-bond acceptors (Lipinski definition) is 5. The highest BCUT2D eigenvalue weighted by Gasteiger charge is 2.28. The summed E-state index contributed by atoms with van der Waals surface area (Å²) < 4.78 is 10.8. The lowest BCUT2D eigenvalue weighted by atomic mass is 9.97. The SMILES string of the molecule is CCNC(=NCC(c1cccs1)N1CCC(C)CC1)N1CCC(COCCOC)C1. The van der Waals surface area contributed by atoms with Crippen LogP contribution in [0.3, 0.4) is 0 Å². The lowest BCUT2D eigenvalue weighted by molar-refractivity contribution is 0.0536. The highest BCUT2D eigenvalue weighted by molar-refractivity contribution is 7.10. The van der Waals surface area contributed by atoms with E-state index in [0.717, 1.165) is 51.1 Å². The number of thiophene rings is 1. The molecule has 1 aromatic heterocycles. The molecule has 2 unspecified atom stereocenters. The predicted octanol–water partition coefficient (Wildman–Crippen LogP) is 3.47. The smallest absolute Gasteiger partial charge is 0.193 e. The van der Waals surface area contributed by atoms with E-state index in [4.69, 9.17) is 14.5 Å². The average Bonchev–Trinajstić information content (AvgIpc) is 3.44. The molecule has 2 fully saturated rings. The van der Waals surface area contributed by atoms with Crippen LogP contribution in [-0.4, -0.2) is 82.0 Å². The maximum Gasteiger partial charge on any atom is 0.193 e. The number of nitrogens with one attached hydrogen (secondary N) is 1. The first-order chi connectivity index (χ1) is 14.7. The predicted molar refractivity (Wildman–Crippen MR) is 125 cm³/mol. The van der Waals surface area contributed by atoms with E-state index in [1.807, 2.05) is 11.3 Å². The molecule has 0 aliphatic carbocycles. The third-order valence-electron chi connectivity index (χ3n) is 6.25.